The molecule has 0 saturated carbocycles. The van der Waals surface area contributed by atoms with Gasteiger partial charge in [-0.3, -0.25) is 34.6 Å². The van der Waals surface area contributed by atoms with Crippen molar-refractivity contribution in [3.05, 3.63) is 299 Å². The Bertz CT molecular complexity index is 4610. The summed E-state index contributed by atoms with van der Waals surface area (Å²) >= 11 is 3.42. The number of thiazole rings is 1. The van der Waals surface area contributed by atoms with Crippen molar-refractivity contribution in [3.8, 4) is 0 Å². The number of rotatable bonds is 0. The Morgan fingerprint density at radius 1 is 0.273 bits per heavy atom. The number of benzene rings is 1. The molecule has 1 aromatic carbocycles. The second-order valence-corrected chi connectivity index (χ2v) is 47.6. The van der Waals surface area contributed by atoms with E-state index >= 15 is 0 Å². The number of hydrogen-bond donors (Lipinski definition) is 0. The van der Waals surface area contributed by atoms with Crippen molar-refractivity contribution in [3.63, 3.8) is 0 Å². The summed E-state index contributed by atoms with van der Waals surface area (Å²) < 4.78 is 6.28. The molecule has 12 aromatic rings. The van der Waals surface area contributed by atoms with Crippen LogP contribution >= 0.6 is 22.9 Å². The van der Waals surface area contributed by atoms with E-state index in [9.17, 15) is 0 Å². The van der Waals surface area contributed by atoms with E-state index in [2.05, 4.69) is 448 Å². The number of hydrogen-bond acceptors (Lipinski definition) is 17. The van der Waals surface area contributed by atoms with E-state index in [1.807, 2.05) is 172 Å². The van der Waals surface area contributed by atoms with E-state index in [1.165, 1.54) is 98.7 Å². The zero-order valence-corrected chi connectivity index (χ0v) is 101. The van der Waals surface area contributed by atoms with Crippen LogP contribution in [0.5, 0.6) is 0 Å². The lowest BCUT2D eigenvalue weighted by atomic mass is 9.84. The zero-order valence-electron chi connectivity index (χ0n) is 99.6. The summed E-state index contributed by atoms with van der Waals surface area (Å²) in [5.74, 6) is 0. The van der Waals surface area contributed by atoms with Gasteiger partial charge in [0.25, 0.3) is 0 Å². The van der Waals surface area contributed by atoms with Gasteiger partial charge in [0.1, 0.15) is 12.7 Å². The average molecular weight is 1950 g/mol. The van der Waals surface area contributed by atoms with Crippen LogP contribution in [0.25, 0.3) is 0 Å². The Morgan fingerprint density at radius 3 is 0.986 bits per heavy atom. The second-order valence-electron chi connectivity index (χ2n) is 45.4. The highest BCUT2D eigenvalue weighted by Crippen LogP contribution is 2.35. The molecule has 18 heteroatoms. The normalized spacial score (nSPS) is 11.1. The van der Waals surface area contributed by atoms with Gasteiger partial charge < -0.3 is 0 Å². The molecule has 0 spiro atoms. The van der Waals surface area contributed by atoms with Gasteiger partial charge in [-0.25, -0.2) is 24.9 Å². The monoisotopic (exact) mass is 1940 g/mol. The van der Waals surface area contributed by atoms with E-state index in [0.717, 1.165) is 28.5 Å². The Hall–Kier alpha value is -9.39. The van der Waals surface area contributed by atoms with E-state index in [4.69, 9.17) is 0 Å². The van der Waals surface area contributed by atoms with Crippen LogP contribution in [0.15, 0.2) is 172 Å². The lowest BCUT2D eigenvalue weighted by Gasteiger charge is -2.21. The fourth-order valence-electron chi connectivity index (χ4n) is 14.0. The summed E-state index contributed by atoms with van der Waals surface area (Å²) in [4.78, 5) is 48.0. The van der Waals surface area contributed by atoms with Crippen molar-refractivity contribution in [2.45, 2.75) is 460 Å². The molecule has 139 heavy (non-hydrogen) atoms. The minimum Gasteiger partial charge on any atom is -0.272 e. The summed E-state index contributed by atoms with van der Waals surface area (Å²) in [7, 11) is 2.00. The van der Waals surface area contributed by atoms with Gasteiger partial charge in [-0.1, -0.05) is 355 Å². The molecule has 0 atom stereocenters. The molecule has 0 N–H and O–H groups in total. The molecule has 0 unspecified atom stereocenters. The van der Waals surface area contributed by atoms with Crippen LogP contribution in [-0.4, -0.2) is 79.2 Å². The maximum absolute atomic E-state index is 4.40. The van der Waals surface area contributed by atoms with Crippen molar-refractivity contribution in [2.75, 3.05) is 0 Å². The number of nitrogens with zero attached hydrogens (tertiary/aromatic N) is 16. The van der Waals surface area contributed by atoms with Gasteiger partial charge in [-0.05, 0) is 229 Å². The lowest BCUT2D eigenvalue weighted by Crippen LogP contribution is -2.14. The standard InChI is InChI=1S/C11H16.C10H18N2.4C10H15N.2C9H15NS.4C8H12N2.5C2H6/c1-9-7-5-6-8-10(9)11(2,3)4;1-7-9(10(3,4)5)8(2)12(6)11-7;1-8-7-11-6-5-9(8)10(2,3)4;1-8-5-6-11-7-9(8)10(2,3)4;1-8-9(10(2,3)4)6-5-7-11-8;1-8-6-5-7-11-9(8)10(2,3)4;1-6-8(9(3,4)5)11-7(2)10-6;1-6-8(9(3,4)5)7(2)11-10-6;1-8(2,3)7-4-9-6-10-5-7;1-8(2,3)7-6-9-4-5-10-7;1-8(2,3)7-4-5-9-6-10-7;1-8(2,3)7-5-4-6-9-10-7;5*1-2/h5-8H,1-4H3;1-6H3;4*5-7H,1-4H3;2*1-5H3;4*4-6H,1-3H3;5*1-2H3. The Labute approximate surface area is 862 Å². The molecule has 12 rings (SSSR count). The smallest absolute Gasteiger partial charge is 0.115 e. The van der Waals surface area contributed by atoms with E-state index < -0.39 is 0 Å². The first-order chi connectivity index (χ1) is 63.7. The second kappa shape index (κ2) is 64.9. The van der Waals surface area contributed by atoms with Crippen LogP contribution in [0, 0.1) is 76.2 Å². The van der Waals surface area contributed by atoms with Gasteiger partial charge in [0.05, 0.1) is 33.5 Å². The van der Waals surface area contributed by atoms with Crippen LogP contribution < -0.4 is 0 Å². The van der Waals surface area contributed by atoms with Crippen LogP contribution in [0.4, 0.5) is 0 Å². The summed E-state index contributed by atoms with van der Waals surface area (Å²) in [6, 6.07) is 26.8. The van der Waals surface area contributed by atoms with Gasteiger partial charge in [0, 0.05) is 147 Å². The predicted molar refractivity (Wildman–Crippen MR) is 612 cm³/mol. The Morgan fingerprint density at radius 2 is 0.712 bits per heavy atom. The minimum atomic E-state index is 0.119. The maximum Gasteiger partial charge on any atom is 0.115 e. The van der Waals surface area contributed by atoms with Crippen molar-refractivity contribution in [1.29, 1.82) is 0 Å². The summed E-state index contributed by atoms with van der Waals surface area (Å²) in [5.41, 5.74) is 27.5. The summed E-state index contributed by atoms with van der Waals surface area (Å²) in [6.45, 7) is 122. The molecular weight excluding hydrogens is 1740 g/mol. The quantitative estimate of drug-likeness (QED) is 0.139. The van der Waals surface area contributed by atoms with Crippen molar-refractivity contribution >= 4 is 22.9 Å². The first kappa shape index (κ1) is 138. The Balaban J connectivity index is -0.000000466. The molecule has 0 bridgehead atoms. The minimum absolute atomic E-state index is 0.119. The fourth-order valence-corrected chi connectivity index (χ4v) is 15.9. The molecule has 0 amide bonds. The van der Waals surface area contributed by atoms with Crippen LogP contribution in [0.1, 0.15) is 446 Å². The topological polar surface area (TPSA) is 198 Å². The third-order valence-electron chi connectivity index (χ3n) is 20.2. The average Bonchev–Trinajstić information content (AvgIpc) is 1.66. The SMILES string of the molecule is CC.CC.CC.CC.CC.CC(C)(C)c1cccnn1.CC(C)(C)c1ccncn1.CC(C)(C)c1cnccn1.CC(C)(C)c1cncnc1.Cc1ccccc1C(C)(C)C.Cc1cccnc1C(C)(C)C.Cc1ccncc1C(C)(C)C.Cc1cnccc1C(C)(C)C.Cc1nc(C)c(C(C)(C)C)s1.Cc1ncccc1C(C)(C)C.Cc1nn(C)c(C)c1C(C)(C)C.Cc1nsc(C)c1C(C)(C)C. The summed E-state index contributed by atoms with van der Waals surface area (Å²) in [6.07, 6.45) is 26.8. The molecule has 0 aliphatic rings. The van der Waals surface area contributed by atoms with Gasteiger partial charge >= 0.3 is 0 Å². The highest BCUT2D eigenvalue weighted by Gasteiger charge is 2.26. The molecule has 0 aliphatic heterocycles. The molecule has 778 valence electrons. The molecule has 16 nitrogen and oxygen atoms in total. The van der Waals surface area contributed by atoms with Gasteiger partial charge in [-0.15, -0.1) is 11.3 Å². The van der Waals surface area contributed by atoms with E-state index in [-0.39, 0.29) is 65.0 Å². The third-order valence-corrected chi connectivity index (χ3v) is 22.6. The first-order valence-corrected chi connectivity index (χ1v) is 51.9. The maximum atomic E-state index is 4.40. The predicted octanol–water partition coefficient (Wildman–Crippen LogP) is 34.7. The van der Waals surface area contributed by atoms with Crippen molar-refractivity contribution in [2.24, 2.45) is 7.05 Å². The molecular formula is C121H202N16S2. The highest BCUT2D eigenvalue weighted by atomic mass is 32.1. The van der Waals surface area contributed by atoms with E-state index in [1.54, 1.807) is 55.2 Å². The zero-order chi connectivity index (χ0) is 110. The molecule has 11 heterocycles. The number of aromatic nitrogens is 16. The van der Waals surface area contributed by atoms with Gasteiger partial charge in [0.2, 0.25) is 0 Å². The Kier molecular flexibility index (Phi) is 64.5. The number of aryl methyl sites for hydroxylation is 11. The van der Waals surface area contributed by atoms with Crippen LogP contribution in [-0.2, 0) is 72.0 Å². The lowest BCUT2D eigenvalue weighted by molar-refractivity contribution is 0.558. The molecule has 0 radical (unpaired) electrons. The largest absolute Gasteiger partial charge is 0.272 e. The fraction of sp³-hybridized carbons (Fsp3) is 0.579. The molecule has 0 aliphatic carbocycles. The van der Waals surface area contributed by atoms with Crippen LogP contribution in [0.3, 0.4) is 0 Å². The van der Waals surface area contributed by atoms with Gasteiger partial charge in [-0.2, -0.15) is 19.7 Å². The van der Waals surface area contributed by atoms with Crippen molar-refractivity contribution < 1.29 is 0 Å². The van der Waals surface area contributed by atoms with Gasteiger partial charge in [0.15, 0.2) is 0 Å². The van der Waals surface area contributed by atoms with E-state index in [0.29, 0.717) is 0 Å². The third kappa shape index (κ3) is 56.7. The molecule has 11 aromatic heterocycles. The highest BCUT2D eigenvalue weighted by molar-refractivity contribution is 7.11. The molecule has 0 saturated heterocycles. The number of pyridine rings is 4. The molecule has 0 fully saturated rings. The first-order valence-electron chi connectivity index (χ1n) is 50.4. The summed E-state index contributed by atoms with van der Waals surface area (Å²) in [5, 5.41) is 13.4. The van der Waals surface area contributed by atoms with Crippen LogP contribution in [0.2, 0.25) is 0 Å². The van der Waals surface area contributed by atoms with Crippen molar-refractivity contribution in [1.82, 2.24) is 79.2 Å².